The SMILES string of the molecule is CCCc1nc(C)c(-c2ccc3[nH]ccc3c2)c(=O)n1Cc1ccc(-c2ccccc2-c2noc(=O)[nH]2)cc1.[KH]. The van der Waals surface area contributed by atoms with Gasteiger partial charge in [0, 0.05) is 23.7 Å². The summed E-state index contributed by atoms with van der Waals surface area (Å²) in [6.45, 7) is 4.42. The summed E-state index contributed by atoms with van der Waals surface area (Å²) in [5.41, 5.74) is 6.87. The van der Waals surface area contributed by atoms with Gasteiger partial charge in [0.15, 0.2) is 5.82 Å². The van der Waals surface area contributed by atoms with Gasteiger partial charge in [-0.1, -0.05) is 66.7 Å². The van der Waals surface area contributed by atoms with Crippen molar-refractivity contribution in [2.45, 2.75) is 33.2 Å². The second-order valence-electron chi connectivity index (χ2n) is 9.60. The molecule has 2 N–H and O–H groups in total. The van der Waals surface area contributed by atoms with Gasteiger partial charge in [-0.3, -0.25) is 18.9 Å². The molecule has 0 saturated heterocycles. The summed E-state index contributed by atoms with van der Waals surface area (Å²) < 4.78 is 6.51. The first-order chi connectivity index (χ1) is 19.0. The third-order valence-corrected chi connectivity index (χ3v) is 6.97. The van der Waals surface area contributed by atoms with Gasteiger partial charge >= 0.3 is 57.1 Å². The Morgan fingerprint density at radius 2 is 1.68 bits per heavy atom. The predicted molar refractivity (Wildman–Crippen MR) is 159 cm³/mol. The Morgan fingerprint density at radius 3 is 2.40 bits per heavy atom. The molecule has 0 radical (unpaired) electrons. The number of aromatic amines is 2. The van der Waals surface area contributed by atoms with E-state index in [1.54, 1.807) is 4.57 Å². The molecule has 0 unspecified atom stereocenters. The normalized spacial score (nSPS) is 11.1. The van der Waals surface area contributed by atoms with E-state index in [9.17, 15) is 9.59 Å². The fourth-order valence-electron chi connectivity index (χ4n) is 5.10. The topological polar surface area (TPSA) is 110 Å². The van der Waals surface area contributed by atoms with Crippen LogP contribution in [0.4, 0.5) is 0 Å². The van der Waals surface area contributed by atoms with Crippen molar-refractivity contribution in [2.24, 2.45) is 0 Å². The van der Waals surface area contributed by atoms with Crippen molar-refractivity contribution < 1.29 is 4.52 Å². The third kappa shape index (κ3) is 5.48. The van der Waals surface area contributed by atoms with Crippen LogP contribution in [0.3, 0.4) is 0 Å². The fraction of sp³-hybridized carbons (Fsp3) is 0.161. The molecular weight excluding hydrogens is 529 g/mol. The monoisotopic (exact) mass is 557 g/mol. The molecule has 6 rings (SSSR count). The van der Waals surface area contributed by atoms with Crippen LogP contribution in [0.15, 0.2) is 93.1 Å². The number of rotatable bonds is 7. The average molecular weight is 558 g/mol. The molecule has 0 spiro atoms. The molecular formula is C31H28KN5O3. The minimum absolute atomic E-state index is 0. The van der Waals surface area contributed by atoms with Gasteiger partial charge in [-0.15, -0.1) is 0 Å². The Hall–Kier alpha value is -3.34. The molecule has 0 bridgehead atoms. The van der Waals surface area contributed by atoms with Gasteiger partial charge in [-0.05, 0) is 59.2 Å². The molecule has 3 aromatic heterocycles. The number of hydrogen-bond donors (Lipinski definition) is 2. The Morgan fingerprint density at radius 1 is 0.925 bits per heavy atom. The number of nitrogens with one attached hydrogen (secondary N) is 2. The average Bonchev–Trinajstić information content (AvgIpc) is 3.60. The van der Waals surface area contributed by atoms with Crippen molar-refractivity contribution in [3.05, 3.63) is 117 Å². The molecule has 9 heteroatoms. The molecule has 0 saturated carbocycles. The molecule has 0 aliphatic carbocycles. The van der Waals surface area contributed by atoms with E-state index in [0.29, 0.717) is 24.4 Å². The molecule has 40 heavy (non-hydrogen) atoms. The van der Waals surface area contributed by atoms with Crippen LogP contribution in [-0.4, -0.2) is 76.1 Å². The van der Waals surface area contributed by atoms with Gasteiger partial charge < -0.3 is 4.98 Å². The number of benzene rings is 3. The van der Waals surface area contributed by atoms with Crippen molar-refractivity contribution >= 4 is 62.3 Å². The molecule has 0 atom stereocenters. The zero-order valence-corrected chi connectivity index (χ0v) is 21.7. The first-order valence-electron chi connectivity index (χ1n) is 12.9. The van der Waals surface area contributed by atoms with E-state index in [1.807, 2.05) is 85.9 Å². The van der Waals surface area contributed by atoms with Crippen molar-refractivity contribution in [2.75, 3.05) is 0 Å². The Balaban J connectivity index is 0.00000323. The number of hydrogen-bond acceptors (Lipinski definition) is 5. The van der Waals surface area contributed by atoms with Crippen molar-refractivity contribution in [1.29, 1.82) is 0 Å². The summed E-state index contributed by atoms with van der Waals surface area (Å²) in [4.78, 5) is 36.1. The van der Waals surface area contributed by atoms with E-state index in [4.69, 9.17) is 9.51 Å². The second kappa shape index (κ2) is 12.0. The first-order valence-corrected chi connectivity index (χ1v) is 12.9. The van der Waals surface area contributed by atoms with Crippen LogP contribution in [-0.2, 0) is 13.0 Å². The predicted octanol–water partition coefficient (Wildman–Crippen LogP) is 5.06. The van der Waals surface area contributed by atoms with Crippen molar-refractivity contribution in [3.63, 3.8) is 0 Å². The quantitative estimate of drug-likeness (QED) is 0.267. The molecule has 6 aromatic rings. The van der Waals surface area contributed by atoms with Crippen LogP contribution in [0, 0.1) is 6.92 Å². The summed E-state index contributed by atoms with van der Waals surface area (Å²) in [6, 6.07) is 23.8. The van der Waals surface area contributed by atoms with Gasteiger partial charge in [0.25, 0.3) is 5.56 Å². The Kier molecular flexibility index (Phi) is 8.48. The molecule has 0 aliphatic rings. The van der Waals surface area contributed by atoms with E-state index in [-0.39, 0.29) is 56.9 Å². The minimum atomic E-state index is -0.595. The molecule has 0 fully saturated rings. The summed E-state index contributed by atoms with van der Waals surface area (Å²) >= 11 is 0. The van der Waals surface area contributed by atoms with Crippen LogP contribution >= 0.6 is 0 Å². The van der Waals surface area contributed by atoms with E-state index < -0.39 is 5.76 Å². The zero-order chi connectivity index (χ0) is 26.9. The van der Waals surface area contributed by atoms with Gasteiger partial charge in [0.1, 0.15) is 5.82 Å². The van der Waals surface area contributed by atoms with Gasteiger partial charge in [0.2, 0.25) is 0 Å². The molecule has 0 amide bonds. The summed E-state index contributed by atoms with van der Waals surface area (Å²) in [5.74, 6) is 0.574. The van der Waals surface area contributed by atoms with E-state index in [0.717, 1.165) is 56.7 Å². The molecule has 3 aromatic carbocycles. The Labute approximate surface area is 272 Å². The van der Waals surface area contributed by atoms with E-state index in [1.165, 1.54) is 0 Å². The third-order valence-electron chi connectivity index (χ3n) is 6.97. The van der Waals surface area contributed by atoms with E-state index in [2.05, 4.69) is 22.0 Å². The zero-order valence-electron chi connectivity index (χ0n) is 21.7. The summed E-state index contributed by atoms with van der Waals surface area (Å²) in [5, 5.41) is 4.90. The fourth-order valence-corrected chi connectivity index (χ4v) is 5.10. The van der Waals surface area contributed by atoms with Crippen molar-refractivity contribution in [1.82, 2.24) is 24.7 Å². The number of H-pyrrole nitrogens is 2. The van der Waals surface area contributed by atoms with Crippen LogP contribution in [0.1, 0.15) is 30.4 Å². The van der Waals surface area contributed by atoms with Gasteiger partial charge in [0.05, 0.1) is 17.8 Å². The molecule has 0 aliphatic heterocycles. The van der Waals surface area contributed by atoms with Crippen LogP contribution < -0.4 is 11.3 Å². The standard InChI is InChI=1S/C31H27N5O3.K.H/c1-3-6-27-33-19(2)28(23-13-14-26-22(17-23)15-16-32-26)30(37)36(27)18-20-9-11-21(12-10-20)24-7-4-5-8-25(24)29-34-31(38)39-35-29;;/h4-5,7-17,32H,3,6,18H2,1-2H3,(H,34,35,38);;. The second-order valence-corrected chi connectivity index (χ2v) is 9.60. The van der Waals surface area contributed by atoms with Crippen LogP contribution in [0.5, 0.6) is 0 Å². The number of nitrogens with zero attached hydrogens (tertiary/aromatic N) is 3. The number of fused-ring (bicyclic) bond motifs is 1. The van der Waals surface area contributed by atoms with Crippen LogP contribution in [0.25, 0.3) is 44.5 Å². The maximum absolute atomic E-state index is 13.9. The summed E-state index contributed by atoms with van der Waals surface area (Å²) in [7, 11) is 0. The maximum atomic E-state index is 13.9. The summed E-state index contributed by atoms with van der Waals surface area (Å²) in [6.07, 6.45) is 3.50. The molecule has 196 valence electrons. The van der Waals surface area contributed by atoms with Gasteiger partial charge in [-0.2, -0.15) is 0 Å². The van der Waals surface area contributed by atoms with Crippen molar-refractivity contribution in [3.8, 4) is 33.6 Å². The number of aryl methyl sites for hydroxylation is 2. The van der Waals surface area contributed by atoms with Crippen LogP contribution in [0.2, 0.25) is 0 Å². The number of aromatic nitrogens is 5. The first kappa shape index (κ1) is 28.2. The van der Waals surface area contributed by atoms with Gasteiger partial charge in [-0.25, -0.2) is 9.78 Å². The van der Waals surface area contributed by atoms with E-state index >= 15 is 0 Å². The molecule has 3 heterocycles. The molecule has 8 nitrogen and oxygen atoms in total. The Bertz CT molecular complexity index is 1910.